The minimum atomic E-state index is -3.71. The molecule has 0 aliphatic carbocycles. The molecule has 1 amide bonds. The number of sulfone groups is 1. The highest BCUT2D eigenvalue weighted by Gasteiger charge is 2.22. The molecular formula is C14H19NO5S. The van der Waals surface area contributed by atoms with E-state index in [4.69, 9.17) is 5.11 Å². The molecule has 0 spiro atoms. The highest BCUT2D eigenvalue weighted by Crippen LogP contribution is 2.13. The van der Waals surface area contributed by atoms with Gasteiger partial charge in [0.25, 0.3) is 0 Å². The van der Waals surface area contributed by atoms with Crippen molar-refractivity contribution in [3.63, 3.8) is 0 Å². The van der Waals surface area contributed by atoms with Crippen LogP contribution in [0.4, 0.5) is 0 Å². The van der Waals surface area contributed by atoms with E-state index >= 15 is 0 Å². The van der Waals surface area contributed by atoms with Crippen molar-refractivity contribution in [1.82, 2.24) is 4.90 Å². The molecule has 0 aliphatic rings. The van der Waals surface area contributed by atoms with Crippen LogP contribution < -0.4 is 0 Å². The molecule has 0 aliphatic heterocycles. The van der Waals surface area contributed by atoms with Crippen molar-refractivity contribution in [2.24, 2.45) is 0 Å². The van der Waals surface area contributed by atoms with Crippen LogP contribution in [0.25, 0.3) is 0 Å². The molecule has 0 aromatic heterocycles. The number of benzene rings is 1. The number of carbonyl (C=O) groups is 2. The maximum absolute atomic E-state index is 12.1. The number of carbonyl (C=O) groups excluding carboxylic acids is 1. The summed E-state index contributed by atoms with van der Waals surface area (Å²) in [6, 6.07) is 5.57. The zero-order valence-electron chi connectivity index (χ0n) is 12.1. The third-order valence-electron chi connectivity index (χ3n) is 3.07. The van der Waals surface area contributed by atoms with Gasteiger partial charge in [-0.15, -0.1) is 0 Å². The van der Waals surface area contributed by atoms with E-state index in [1.54, 1.807) is 13.8 Å². The summed E-state index contributed by atoms with van der Waals surface area (Å²) in [5.41, 5.74) is 0.511. The standard InChI is InChI=1S/C14H19NO5S/c1-3-15(4-2)13(16)10-21(19,20)12-7-5-11(6-8-12)9-14(17)18/h5-8H,3-4,9-10H2,1-2H3,(H,17,18). The van der Waals surface area contributed by atoms with Crippen molar-refractivity contribution >= 4 is 21.7 Å². The Morgan fingerprint density at radius 2 is 1.62 bits per heavy atom. The van der Waals surface area contributed by atoms with Crippen molar-refractivity contribution in [3.8, 4) is 0 Å². The minimum Gasteiger partial charge on any atom is -0.481 e. The van der Waals surface area contributed by atoms with Crippen LogP contribution in [0.2, 0.25) is 0 Å². The largest absolute Gasteiger partial charge is 0.481 e. The van der Waals surface area contributed by atoms with Gasteiger partial charge in [0, 0.05) is 13.1 Å². The van der Waals surface area contributed by atoms with Crippen LogP contribution in [0.15, 0.2) is 29.2 Å². The van der Waals surface area contributed by atoms with Gasteiger partial charge in [0.05, 0.1) is 11.3 Å². The van der Waals surface area contributed by atoms with Crippen molar-refractivity contribution in [2.75, 3.05) is 18.8 Å². The molecule has 6 nitrogen and oxygen atoms in total. The number of amides is 1. The Labute approximate surface area is 124 Å². The average molecular weight is 313 g/mol. The lowest BCUT2D eigenvalue weighted by Gasteiger charge is -2.18. The van der Waals surface area contributed by atoms with Crippen LogP contribution in [0.1, 0.15) is 19.4 Å². The number of rotatable bonds is 7. The number of nitrogens with zero attached hydrogens (tertiary/aromatic N) is 1. The number of hydrogen-bond donors (Lipinski definition) is 1. The SMILES string of the molecule is CCN(CC)C(=O)CS(=O)(=O)c1ccc(CC(=O)O)cc1. The van der Waals surface area contributed by atoms with E-state index in [2.05, 4.69) is 0 Å². The lowest BCUT2D eigenvalue weighted by atomic mass is 10.2. The second-order valence-corrected chi connectivity index (χ2v) is 6.53. The molecule has 0 saturated carbocycles. The highest BCUT2D eigenvalue weighted by atomic mass is 32.2. The molecule has 0 fully saturated rings. The average Bonchev–Trinajstić information content (AvgIpc) is 2.39. The first-order chi connectivity index (χ1) is 9.80. The summed E-state index contributed by atoms with van der Waals surface area (Å²) in [5.74, 6) is -2.00. The fourth-order valence-electron chi connectivity index (χ4n) is 1.90. The van der Waals surface area contributed by atoms with Gasteiger partial charge in [0.1, 0.15) is 5.75 Å². The van der Waals surface area contributed by atoms with Gasteiger partial charge in [0.2, 0.25) is 5.91 Å². The normalized spacial score (nSPS) is 11.1. The fraction of sp³-hybridized carbons (Fsp3) is 0.429. The quantitative estimate of drug-likeness (QED) is 0.809. The molecule has 0 bridgehead atoms. The predicted octanol–water partition coefficient (Wildman–Crippen LogP) is 0.956. The van der Waals surface area contributed by atoms with Gasteiger partial charge in [-0.1, -0.05) is 12.1 Å². The molecule has 116 valence electrons. The molecule has 0 atom stereocenters. The Balaban J connectivity index is 2.88. The molecule has 21 heavy (non-hydrogen) atoms. The van der Waals surface area contributed by atoms with E-state index in [-0.39, 0.29) is 11.3 Å². The topological polar surface area (TPSA) is 91.8 Å². The summed E-state index contributed by atoms with van der Waals surface area (Å²) in [7, 11) is -3.71. The Morgan fingerprint density at radius 1 is 1.10 bits per heavy atom. The Hall–Kier alpha value is -1.89. The fourth-order valence-corrected chi connectivity index (χ4v) is 3.13. The van der Waals surface area contributed by atoms with Crippen LogP contribution in [-0.4, -0.2) is 49.1 Å². The minimum absolute atomic E-state index is 0.0251. The Morgan fingerprint density at radius 3 is 2.05 bits per heavy atom. The van der Waals surface area contributed by atoms with Gasteiger partial charge >= 0.3 is 5.97 Å². The van der Waals surface area contributed by atoms with E-state index in [1.165, 1.54) is 29.2 Å². The zero-order valence-corrected chi connectivity index (χ0v) is 12.9. The van der Waals surface area contributed by atoms with E-state index in [1.807, 2.05) is 0 Å². The monoisotopic (exact) mass is 313 g/mol. The summed E-state index contributed by atoms with van der Waals surface area (Å²) in [6.07, 6.45) is -0.168. The number of aliphatic carboxylic acids is 1. The maximum atomic E-state index is 12.1. The maximum Gasteiger partial charge on any atom is 0.307 e. The van der Waals surface area contributed by atoms with Crippen molar-refractivity contribution in [3.05, 3.63) is 29.8 Å². The molecule has 1 rings (SSSR count). The molecular weight excluding hydrogens is 294 g/mol. The van der Waals surface area contributed by atoms with Crippen molar-refractivity contribution in [1.29, 1.82) is 0 Å². The number of hydrogen-bond acceptors (Lipinski definition) is 4. The summed E-state index contributed by atoms with van der Waals surface area (Å²) in [5, 5.41) is 8.66. The molecule has 0 unspecified atom stereocenters. The molecule has 0 saturated heterocycles. The molecule has 7 heteroatoms. The third kappa shape index (κ3) is 4.86. The number of carboxylic acid groups (broad SMARTS) is 1. The first-order valence-corrected chi connectivity index (χ1v) is 8.26. The lowest BCUT2D eigenvalue weighted by Crippen LogP contribution is -2.35. The van der Waals surface area contributed by atoms with Crippen LogP contribution in [0.5, 0.6) is 0 Å². The van der Waals surface area contributed by atoms with E-state index in [0.29, 0.717) is 18.7 Å². The van der Waals surface area contributed by atoms with Crippen LogP contribution in [0.3, 0.4) is 0 Å². The van der Waals surface area contributed by atoms with Gasteiger partial charge in [-0.3, -0.25) is 9.59 Å². The molecule has 1 aromatic rings. The number of carboxylic acids is 1. The van der Waals surface area contributed by atoms with E-state index in [9.17, 15) is 18.0 Å². The summed E-state index contributed by atoms with van der Waals surface area (Å²) in [6.45, 7) is 4.49. The summed E-state index contributed by atoms with van der Waals surface area (Å²) in [4.78, 5) is 23.9. The van der Waals surface area contributed by atoms with Gasteiger partial charge in [-0.2, -0.15) is 0 Å². The van der Waals surface area contributed by atoms with Crippen molar-refractivity contribution in [2.45, 2.75) is 25.2 Å². The smallest absolute Gasteiger partial charge is 0.307 e. The predicted molar refractivity (Wildman–Crippen MR) is 77.8 cm³/mol. The highest BCUT2D eigenvalue weighted by molar-refractivity contribution is 7.92. The van der Waals surface area contributed by atoms with Crippen molar-refractivity contribution < 1.29 is 23.1 Å². The molecule has 1 aromatic carbocycles. The lowest BCUT2D eigenvalue weighted by molar-refractivity contribution is -0.136. The van der Waals surface area contributed by atoms with Gasteiger partial charge in [-0.25, -0.2) is 8.42 Å². The Bertz CT molecular complexity index is 603. The summed E-state index contributed by atoms with van der Waals surface area (Å²) < 4.78 is 24.3. The van der Waals surface area contributed by atoms with Gasteiger partial charge < -0.3 is 10.0 Å². The molecule has 0 radical (unpaired) electrons. The summed E-state index contributed by atoms with van der Waals surface area (Å²) >= 11 is 0. The first kappa shape index (κ1) is 17.2. The van der Waals surface area contributed by atoms with E-state index in [0.717, 1.165) is 0 Å². The Kier molecular flexibility index (Phi) is 5.90. The van der Waals surface area contributed by atoms with Gasteiger partial charge in [0.15, 0.2) is 9.84 Å². The third-order valence-corrected chi connectivity index (χ3v) is 4.68. The van der Waals surface area contributed by atoms with Crippen LogP contribution in [-0.2, 0) is 25.8 Å². The van der Waals surface area contributed by atoms with Crippen LogP contribution in [0, 0.1) is 0 Å². The second kappa shape index (κ2) is 7.21. The van der Waals surface area contributed by atoms with E-state index < -0.39 is 27.5 Å². The molecule has 0 heterocycles. The second-order valence-electron chi connectivity index (χ2n) is 4.54. The first-order valence-electron chi connectivity index (χ1n) is 6.61. The van der Waals surface area contributed by atoms with Crippen LogP contribution >= 0.6 is 0 Å². The zero-order chi connectivity index (χ0) is 16.0. The van der Waals surface area contributed by atoms with Gasteiger partial charge in [-0.05, 0) is 31.5 Å². The molecule has 1 N–H and O–H groups in total.